The lowest BCUT2D eigenvalue weighted by Gasteiger charge is -2.02. The van der Waals surface area contributed by atoms with Gasteiger partial charge in [0, 0.05) is 10.7 Å². The van der Waals surface area contributed by atoms with Crippen LogP contribution in [0.3, 0.4) is 0 Å². The minimum absolute atomic E-state index is 0.356. The minimum Gasteiger partial charge on any atom is -0.505 e. The van der Waals surface area contributed by atoms with Gasteiger partial charge in [0.2, 0.25) is 0 Å². The Morgan fingerprint density at radius 1 is 1.50 bits per heavy atom. The van der Waals surface area contributed by atoms with Crippen molar-refractivity contribution >= 4 is 19.7 Å². The van der Waals surface area contributed by atoms with E-state index < -0.39 is 25.5 Å². The van der Waals surface area contributed by atoms with Gasteiger partial charge >= 0.3 is 0 Å². The zero-order valence-corrected chi connectivity index (χ0v) is 8.10. The summed E-state index contributed by atoms with van der Waals surface area (Å²) in [6.45, 7) is 0. The Labute approximate surface area is 83.6 Å². The maximum absolute atomic E-state index is 12.9. The van der Waals surface area contributed by atoms with Crippen LogP contribution < -0.4 is 0 Å². The topological polar surface area (TPSA) is 78.2 Å². The molecule has 1 N–H and O–H groups in total. The van der Waals surface area contributed by atoms with Crippen LogP contribution in [0.5, 0.6) is 5.75 Å². The number of phenolic OH excluding ortho intramolecular Hbond substituents is 1. The van der Waals surface area contributed by atoms with Crippen LogP contribution in [0.2, 0.25) is 0 Å². The third-order valence-electron chi connectivity index (χ3n) is 1.45. The van der Waals surface area contributed by atoms with E-state index in [0.717, 1.165) is 12.1 Å². The van der Waals surface area contributed by atoms with Crippen molar-refractivity contribution in [3.8, 4) is 11.8 Å². The highest BCUT2D eigenvalue weighted by Gasteiger charge is 2.23. The second-order valence-corrected chi connectivity index (χ2v) is 4.83. The Morgan fingerprint density at radius 3 is 2.50 bits per heavy atom. The van der Waals surface area contributed by atoms with E-state index in [-0.39, 0.29) is 5.56 Å². The fourth-order valence-corrected chi connectivity index (χ4v) is 1.95. The number of hydrogen-bond acceptors (Lipinski definition) is 4. The molecule has 0 radical (unpaired) electrons. The van der Waals surface area contributed by atoms with Gasteiger partial charge in [0.1, 0.15) is 11.9 Å². The average Bonchev–Trinajstić information content (AvgIpc) is 2.02. The molecule has 0 aliphatic heterocycles. The molecule has 0 amide bonds. The molecule has 0 saturated carbocycles. The first kappa shape index (κ1) is 10.8. The molecular formula is C7H3ClFNO3S. The molecule has 74 valence electrons. The molecule has 0 saturated heterocycles. The number of nitrogens with zero attached hydrogens (tertiary/aromatic N) is 1. The number of benzene rings is 1. The lowest BCUT2D eigenvalue weighted by atomic mass is 10.2. The minimum atomic E-state index is -4.40. The van der Waals surface area contributed by atoms with Crippen molar-refractivity contribution in [1.29, 1.82) is 5.26 Å². The number of rotatable bonds is 1. The van der Waals surface area contributed by atoms with E-state index in [4.69, 9.17) is 15.9 Å². The molecule has 4 nitrogen and oxygen atoms in total. The number of halogens is 2. The molecular weight excluding hydrogens is 233 g/mol. The number of nitriles is 1. The molecule has 14 heavy (non-hydrogen) atoms. The Balaban J connectivity index is 3.68. The van der Waals surface area contributed by atoms with Crippen molar-refractivity contribution in [2.24, 2.45) is 0 Å². The van der Waals surface area contributed by atoms with Gasteiger partial charge in [-0.15, -0.1) is 0 Å². The zero-order valence-electron chi connectivity index (χ0n) is 6.53. The summed E-state index contributed by atoms with van der Waals surface area (Å²) in [6.07, 6.45) is 0. The summed E-state index contributed by atoms with van der Waals surface area (Å²) >= 11 is 0. The SMILES string of the molecule is N#Cc1ccc(F)c(S(=O)(=O)Cl)c1O. The van der Waals surface area contributed by atoms with Crippen molar-refractivity contribution in [2.75, 3.05) is 0 Å². The zero-order chi connectivity index (χ0) is 10.9. The summed E-state index contributed by atoms with van der Waals surface area (Å²) in [5.74, 6) is -2.17. The Bertz CT molecular complexity index is 520. The first-order chi connectivity index (χ1) is 6.38. The van der Waals surface area contributed by atoms with E-state index in [2.05, 4.69) is 0 Å². The Kier molecular flexibility index (Phi) is 2.64. The summed E-state index contributed by atoms with van der Waals surface area (Å²) in [5, 5.41) is 17.6. The number of hydrogen-bond donors (Lipinski definition) is 1. The van der Waals surface area contributed by atoms with Crippen LogP contribution in [-0.2, 0) is 9.05 Å². The summed E-state index contributed by atoms with van der Waals surface area (Å²) in [6, 6.07) is 3.19. The van der Waals surface area contributed by atoms with Gasteiger partial charge in [-0.3, -0.25) is 0 Å². The van der Waals surface area contributed by atoms with Gasteiger partial charge < -0.3 is 5.11 Å². The molecule has 0 bridgehead atoms. The molecule has 0 aliphatic rings. The van der Waals surface area contributed by atoms with Crippen LogP contribution >= 0.6 is 10.7 Å². The molecule has 1 aromatic rings. The molecule has 0 unspecified atom stereocenters. The van der Waals surface area contributed by atoms with Gasteiger partial charge in [-0.1, -0.05) is 0 Å². The Morgan fingerprint density at radius 2 is 2.07 bits per heavy atom. The van der Waals surface area contributed by atoms with Crippen molar-refractivity contribution in [3.63, 3.8) is 0 Å². The summed E-state index contributed by atoms with van der Waals surface area (Å²) < 4.78 is 34.5. The van der Waals surface area contributed by atoms with E-state index >= 15 is 0 Å². The average molecular weight is 236 g/mol. The van der Waals surface area contributed by atoms with Gasteiger partial charge in [0.05, 0.1) is 5.56 Å². The maximum Gasteiger partial charge on any atom is 0.267 e. The molecule has 0 spiro atoms. The monoisotopic (exact) mass is 235 g/mol. The first-order valence-corrected chi connectivity index (χ1v) is 5.55. The molecule has 7 heteroatoms. The van der Waals surface area contributed by atoms with Crippen LogP contribution in [0.4, 0.5) is 4.39 Å². The summed E-state index contributed by atoms with van der Waals surface area (Å²) in [7, 11) is 0.460. The van der Waals surface area contributed by atoms with Gasteiger partial charge in [0.25, 0.3) is 9.05 Å². The van der Waals surface area contributed by atoms with E-state index in [1.54, 1.807) is 0 Å². The molecule has 0 atom stereocenters. The molecule has 0 heterocycles. The van der Waals surface area contributed by atoms with Crippen LogP contribution in [-0.4, -0.2) is 13.5 Å². The maximum atomic E-state index is 12.9. The third kappa shape index (κ3) is 1.78. The fraction of sp³-hybridized carbons (Fsp3) is 0. The molecule has 0 aromatic heterocycles. The van der Waals surface area contributed by atoms with Gasteiger partial charge in [-0.05, 0) is 12.1 Å². The fourth-order valence-electron chi connectivity index (χ4n) is 0.869. The van der Waals surface area contributed by atoms with Crippen molar-refractivity contribution in [1.82, 2.24) is 0 Å². The van der Waals surface area contributed by atoms with Crippen LogP contribution in [0, 0.1) is 17.1 Å². The smallest absolute Gasteiger partial charge is 0.267 e. The van der Waals surface area contributed by atoms with Gasteiger partial charge in [-0.25, -0.2) is 12.8 Å². The number of aromatic hydroxyl groups is 1. The van der Waals surface area contributed by atoms with Crippen molar-refractivity contribution < 1.29 is 17.9 Å². The van der Waals surface area contributed by atoms with Crippen LogP contribution in [0.15, 0.2) is 17.0 Å². The van der Waals surface area contributed by atoms with Gasteiger partial charge in [-0.2, -0.15) is 5.26 Å². The van der Waals surface area contributed by atoms with E-state index in [1.807, 2.05) is 0 Å². The number of phenols is 1. The highest BCUT2D eigenvalue weighted by atomic mass is 35.7. The summed E-state index contributed by atoms with van der Waals surface area (Å²) in [4.78, 5) is -1.07. The van der Waals surface area contributed by atoms with Crippen molar-refractivity contribution in [3.05, 3.63) is 23.5 Å². The van der Waals surface area contributed by atoms with Crippen LogP contribution in [0.1, 0.15) is 5.56 Å². The largest absolute Gasteiger partial charge is 0.505 e. The van der Waals surface area contributed by atoms with Crippen molar-refractivity contribution in [2.45, 2.75) is 4.90 Å². The first-order valence-electron chi connectivity index (χ1n) is 3.24. The molecule has 1 rings (SSSR count). The predicted octanol–water partition coefficient (Wildman–Crippen LogP) is 1.33. The highest BCUT2D eigenvalue weighted by molar-refractivity contribution is 8.13. The second kappa shape index (κ2) is 3.44. The molecule has 0 fully saturated rings. The standard InChI is InChI=1S/C7H3ClFNO3S/c8-14(12,13)7-5(9)2-1-4(3-10)6(7)11/h1-2,11H. The van der Waals surface area contributed by atoms with E-state index in [0.29, 0.717) is 0 Å². The predicted molar refractivity (Wildman–Crippen MR) is 45.8 cm³/mol. The Hall–Kier alpha value is -1.32. The summed E-state index contributed by atoms with van der Waals surface area (Å²) in [5.41, 5.74) is -0.356. The van der Waals surface area contributed by atoms with Gasteiger partial charge in [0.15, 0.2) is 10.6 Å². The third-order valence-corrected chi connectivity index (χ3v) is 2.79. The lowest BCUT2D eigenvalue weighted by molar-refractivity contribution is 0.444. The quantitative estimate of drug-likeness (QED) is 0.745. The molecule has 1 aromatic carbocycles. The van der Waals surface area contributed by atoms with E-state index in [1.165, 1.54) is 6.07 Å². The van der Waals surface area contributed by atoms with Crippen LogP contribution in [0.25, 0.3) is 0 Å². The molecule has 0 aliphatic carbocycles. The lowest BCUT2D eigenvalue weighted by Crippen LogP contribution is -1.97. The second-order valence-electron chi connectivity index (χ2n) is 2.32. The van der Waals surface area contributed by atoms with E-state index in [9.17, 15) is 17.9 Å². The normalized spacial score (nSPS) is 10.9. The highest BCUT2D eigenvalue weighted by Crippen LogP contribution is 2.31.